The molecule has 1 rings (SSSR count). The normalized spacial score (nSPS) is 14.2. The number of hydrogen-bond donors (Lipinski definition) is 1. The van der Waals surface area contributed by atoms with Gasteiger partial charge in [0.25, 0.3) is 0 Å². The van der Waals surface area contributed by atoms with Gasteiger partial charge in [-0.1, -0.05) is 0 Å². The molecule has 0 saturated heterocycles. The third-order valence-corrected chi connectivity index (χ3v) is 2.53. The van der Waals surface area contributed by atoms with Crippen LogP contribution in [-0.4, -0.2) is 13.8 Å². The SMILES string of the molecule is COc1cc(C(F)(F)F)cc(C(F)(F)F)c1[C@H](N)CF. The summed E-state index contributed by atoms with van der Waals surface area (Å²) in [6, 6.07) is -1.48. The van der Waals surface area contributed by atoms with Crippen LogP contribution in [0.5, 0.6) is 5.75 Å². The summed E-state index contributed by atoms with van der Waals surface area (Å²) in [6.07, 6.45) is -10.1. The molecule has 0 spiro atoms. The molecule has 1 atom stereocenters. The minimum atomic E-state index is -5.11. The highest BCUT2D eigenvalue weighted by Crippen LogP contribution is 2.43. The molecule has 2 nitrogen and oxygen atoms in total. The van der Waals surface area contributed by atoms with Crippen LogP contribution in [-0.2, 0) is 12.4 Å². The van der Waals surface area contributed by atoms with Crippen molar-refractivity contribution in [3.05, 3.63) is 28.8 Å². The van der Waals surface area contributed by atoms with Crippen molar-refractivity contribution in [2.45, 2.75) is 18.4 Å². The Bertz CT molecular complexity index is 481. The van der Waals surface area contributed by atoms with Gasteiger partial charge in [-0.2, -0.15) is 26.3 Å². The highest BCUT2D eigenvalue weighted by atomic mass is 19.4. The van der Waals surface area contributed by atoms with Gasteiger partial charge in [-0.05, 0) is 12.1 Å². The highest BCUT2D eigenvalue weighted by Gasteiger charge is 2.41. The van der Waals surface area contributed by atoms with Crippen molar-refractivity contribution in [1.29, 1.82) is 0 Å². The summed E-state index contributed by atoms with van der Waals surface area (Å²) < 4.78 is 93.2. The summed E-state index contributed by atoms with van der Waals surface area (Å²) in [5.74, 6) is -0.753. The van der Waals surface area contributed by atoms with Gasteiger partial charge >= 0.3 is 12.4 Å². The van der Waals surface area contributed by atoms with Crippen LogP contribution >= 0.6 is 0 Å². The topological polar surface area (TPSA) is 35.2 Å². The minimum Gasteiger partial charge on any atom is -0.496 e. The maximum Gasteiger partial charge on any atom is 0.416 e. The van der Waals surface area contributed by atoms with Crippen molar-refractivity contribution in [3.8, 4) is 5.75 Å². The predicted octanol–water partition coefficient (Wildman–Crippen LogP) is 3.70. The van der Waals surface area contributed by atoms with Gasteiger partial charge in [0.05, 0.1) is 24.3 Å². The molecule has 0 heterocycles. The quantitative estimate of drug-likeness (QED) is 0.864. The first kappa shape index (κ1) is 16.5. The van der Waals surface area contributed by atoms with E-state index in [1.807, 2.05) is 0 Å². The van der Waals surface area contributed by atoms with Crippen molar-refractivity contribution in [1.82, 2.24) is 0 Å². The number of benzene rings is 1. The Morgan fingerprint density at radius 1 is 1.10 bits per heavy atom. The second-order valence-corrected chi connectivity index (χ2v) is 3.90. The first-order valence-electron chi connectivity index (χ1n) is 5.20. The van der Waals surface area contributed by atoms with Crippen molar-refractivity contribution < 1.29 is 35.5 Å². The molecule has 114 valence electrons. The standard InChI is InChI=1S/C11H10F7NO/c1-20-8-3-5(10(13,14)15)2-6(11(16,17)18)9(8)7(19)4-12/h2-3,7H,4,19H2,1H3/t7-/m1/s1. The predicted molar refractivity (Wildman–Crippen MR) is 55.9 cm³/mol. The second kappa shape index (κ2) is 5.47. The van der Waals surface area contributed by atoms with E-state index >= 15 is 0 Å². The van der Waals surface area contributed by atoms with Crippen molar-refractivity contribution >= 4 is 0 Å². The molecule has 9 heteroatoms. The van der Waals surface area contributed by atoms with E-state index in [0.717, 1.165) is 7.11 Å². The molecule has 0 amide bonds. The van der Waals surface area contributed by atoms with Crippen LogP contribution in [0.2, 0.25) is 0 Å². The molecule has 0 fully saturated rings. The Hall–Kier alpha value is -1.51. The smallest absolute Gasteiger partial charge is 0.416 e. The van der Waals surface area contributed by atoms with E-state index in [2.05, 4.69) is 4.74 Å². The number of rotatable bonds is 3. The molecular weight excluding hydrogens is 295 g/mol. The van der Waals surface area contributed by atoms with E-state index in [9.17, 15) is 30.7 Å². The maximum absolute atomic E-state index is 12.8. The average Bonchev–Trinajstić information content (AvgIpc) is 2.33. The summed E-state index contributed by atoms with van der Waals surface area (Å²) in [5.41, 5.74) is 1.15. The molecular formula is C11H10F7NO. The Kier molecular flexibility index (Phi) is 4.52. The molecule has 0 aliphatic carbocycles. The van der Waals surface area contributed by atoms with Crippen molar-refractivity contribution in [2.24, 2.45) is 5.73 Å². The summed E-state index contributed by atoms with van der Waals surface area (Å²) in [5, 5.41) is 0. The Balaban J connectivity index is 3.65. The first-order valence-corrected chi connectivity index (χ1v) is 5.20. The molecule has 0 bridgehead atoms. The van der Waals surface area contributed by atoms with Crippen LogP contribution in [0.4, 0.5) is 30.7 Å². The van der Waals surface area contributed by atoms with Gasteiger partial charge in [0.2, 0.25) is 0 Å². The van der Waals surface area contributed by atoms with Crippen LogP contribution in [0.1, 0.15) is 22.7 Å². The fourth-order valence-corrected chi connectivity index (χ4v) is 1.65. The van der Waals surface area contributed by atoms with Crippen LogP contribution < -0.4 is 10.5 Å². The molecule has 0 unspecified atom stereocenters. The van der Waals surface area contributed by atoms with E-state index in [1.165, 1.54) is 0 Å². The highest BCUT2D eigenvalue weighted by molar-refractivity contribution is 5.48. The number of ether oxygens (including phenoxy) is 1. The van der Waals surface area contributed by atoms with E-state index in [0.29, 0.717) is 6.07 Å². The number of alkyl halides is 7. The van der Waals surface area contributed by atoms with E-state index in [4.69, 9.17) is 5.73 Å². The van der Waals surface area contributed by atoms with Crippen LogP contribution in [0.3, 0.4) is 0 Å². The monoisotopic (exact) mass is 305 g/mol. The Morgan fingerprint density at radius 2 is 1.65 bits per heavy atom. The largest absolute Gasteiger partial charge is 0.496 e. The molecule has 1 aromatic carbocycles. The van der Waals surface area contributed by atoms with E-state index in [-0.39, 0.29) is 6.07 Å². The summed E-state index contributed by atoms with van der Waals surface area (Å²) in [4.78, 5) is 0. The van der Waals surface area contributed by atoms with E-state index < -0.39 is 47.5 Å². The fraction of sp³-hybridized carbons (Fsp3) is 0.455. The lowest BCUT2D eigenvalue weighted by Crippen LogP contribution is -2.21. The molecule has 20 heavy (non-hydrogen) atoms. The van der Waals surface area contributed by atoms with Crippen molar-refractivity contribution in [2.75, 3.05) is 13.8 Å². The zero-order valence-electron chi connectivity index (χ0n) is 10.1. The number of halogens is 7. The lowest BCUT2D eigenvalue weighted by molar-refractivity contribution is -0.143. The summed E-state index contributed by atoms with van der Waals surface area (Å²) >= 11 is 0. The molecule has 0 radical (unpaired) electrons. The number of nitrogens with two attached hydrogens (primary N) is 1. The van der Waals surface area contributed by atoms with Crippen LogP contribution in [0.25, 0.3) is 0 Å². The first-order chi connectivity index (χ1) is 9.02. The zero-order chi connectivity index (χ0) is 15.7. The molecule has 2 N–H and O–H groups in total. The lowest BCUT2D eigenvalue weighted by atomic mass is 9.96. The van der Waals surface area contributed by atoms with Gasteiger partial charge in [-0.25, -0.2) is 4.39 Å². The Labute approximate surface area is 109 Å². The molecule has 1 aromatic rings. The van der Waals surface area contributed by atoms with Gasteiger partial charge in [-0.15, -0.1) is 0 Å². The average molecular weight is 305 g/mol. The minimum absolute atomic E-state index is 0.104. The number of hydrogen-bond acceptors (Lipinski definition) is 2. The lowest BCUT2D eigenvalue weighted by Gasteiger charge is -2.21. The molecule has 0 aromatic heterocycles. The summed E-state index contributed by atoms with van der Waals surface area (Å²) in [7, 11) is 0.879. The summed E-state index contributed by atoms with van der Waals surface area (Å²) in [6.45, 7) is -1.37. The van der Waals surface area contributed by atoms with Gasteiger partial charge < -0.3 is 10.5 Å². The Morgan fingerprint density at radius 3 is 2.00 bits per heavy atom. The van der Waals surface area contributed by atoms with Gasteiger partial charge in [0.15, 0.2) is 0 Å². The molecule has 0 saturated carbocycles. The van der Waals surface area contributed by atoms with Crippen molar-refractivity contribution in [3.63, 3.8) is 0 Å². The van der Waals surface area contributed by atoms with Gasteiger partial charge in [0, 0.05) is 5.56 Å². The van der Waals surface area contributed by atoms with Crippen LogP contribution in [0, 0.1) is 0 Å². The third kappa shape index (κ3) is 3.33. The maximum atomic E-state index is 12.8. The fourth-order valence-electron chi connectivity index (χ4n) is 1.65. The van der Waals surface area contributed by atoms with Gasteiger partial charge in [0.1, 0.15) is 12.4 Å². The molecule has 0 aliphatic rings. The second-order valence-electron chi connectivity index (χ2n) is 3.90. The number of methoxy groups -OCH3 is 1. The van der Waals surface area contributed by atoms with Gasteiger partial charge in [-0.3, -0.25) is 0 Å². The molecule has 0 aliphatic heterocycles. The zero-order valence-corrected chi connectivity index (χ0v) is 10.1. The van der Waals surface area contributed by atoms with Crippen LogP contribution in [0.15, 0.2) is 12.1 Å². The van der Waals surface area contributed by atoms with E-state index in [1.54, 1.807) is 0 Å². The third-order valence-electron chi connectivity index (χ3n) is 2.53.